The summed E-state index contributed by atoms with van der Waals surface area (Å²) in [5.74, 6) is 1.62. The van der Waals surface area contributed by atoms with Gasteiger partial charge < -0.3 is 24.8 Å². The number of pyridine rings is 1. The number of anilines is 3. The number of amides is 1. The summed E-state index contributed by atoms with van der Waals surface area (Å²) in [6, 6.07) is 16.2. The van der Waals surface area contributed by atoms with Gasteiger partial charge >= 0.3 is 0 Å². The molecule has 0 radical (unpaired) electrons. The summed E-state index contributed by atoms with van der Waals surface area (Å²) in [5.41, 5.74) is 2.46. The minimum Gasteiger partial charge on any atom is -0.497 e. The van der Waals surface area contributed by atoms with Crippen molar-refractivity contribution in [2.45, 2.75) is 6.92 Å². The Bertz CT molecular complexity index is 957. The topological polar surface area (TPSA) is 81.7 Å². The van der Waals surface area contributed by atoms with Crippen molar-refractivity contribution < 1.29 is 19.0 Å². The monoisotopic (exact) mass is 393 g/mol. The molecule has 2 aromatic carbocycles. The van der Waals surface area contributed by atoms with Gasteiger partial charge in [-0.1, -0.05) is 0 Å². The Morgan fingerprint density at radius 1 is 0.931 bits per heavy atom. The van der Waals surface area contributed by atoms with E-state index in [0.29, 0.717) is 23.8 Å². The number of carbonyl (C=O) groups excluding carboxylic acids is 1. The van der Waals surface area contributed by atoms with Gasteiger partial charge in [0, 0.05) is 11.8 Å². The lowest BCUT2D eigenvalue weighted by molar-refractivity contribution is 0.102. The highest BCUT2D eigenvalue weighted by molar-refractivity contribution is 6.03. The molecule has 0 atom stereocenters. The van der Waals surface area contributed by atoms with E-state index in [0.717, 1.165) is 17.1 Å². The van der Waals surface area contributed by atoms with Crippen LogP contribution in [0.1, 0.15) is 17.4 Å². The SMILES string of the molecule is CCOc1ccc(Nc2ccc(C(=O)Nc3cc(OC)ccc3OC)nc2)cc1. The van der Waals surface area contributed by atoms with Gasteiger partial charge in [-0.25, -0.2) is 4.98 Å². The van der Waals surface area contributed by atoms with Crippen molar-refractivity contribution in [3.8, 4) is 17.2 Å². The molecule has 150 valence electrons. The number of ether oxygens (including phenoxy) is 3. The molecule has 0 bridgehead atoms. The standard InChI is InChI=1S/C22H23N3O4/c1-4-29-17-8-5-15(6-9-17)24-16-7-11-19(23-14-16)22(26)25-20-13-18(27-2)10-12-21(20)28-3/h5-14,24H,4H2,1-3H3,(H,25,26). The number of aromatic nitrogens is 1. The molecule has 0 saturated carbocycles. The molecule has 0 spiro atoms. The van der Waals surface area contributed by atoms with E-state index >= 15 is 0 Å². The van der Waals surface area contributed by atoms with Gasteiger partial charge in [-0.2, -0.15) is 0 Å². The molecule has 0 fully saturated rings. The minimum atomic E-state index is -0.343. The highest BCUT2D eigenvalue weighted by Gasteiger charge is 2.12. The van der Waals surface area contributed by atoms with Crippen molar-refractivity contribution in [2.75, 3.05) is 31.5 Å². The summed E-state index contributed by atoms with van der Waals surface area (Å²) in [6.07, 6.45) is 1.61. The van der Waals surface area contributed by atoms with Crippen LogP contribution in [0.2, 0.25) is 0 Å². The zero-order valence-corrected chi connectivity index (χ0v) is 16.6. The van der Waals surface area contributed by atoms with E-state index in [-0.39, 0.29) is 11.6 Å². The van der Waals surface area contributed by atoms with Gasteiger partial charge in [0.2, 0.25) is 0 Å². The van der Waals surface area contributed by atoms with Gasteiger partial charge in [0.1, 0.15) is 22.9 Å². The largest absolute Gasteiger partial charge is 0.497 e. The molecule has 1 heterocycles. The molecule has 7 nitrogen and oxygen atoms in total. The van der Waals surface area contributed by atoms with Crippen LogP contribution in [-0.4, -0.2) is 31.7 Å². The molecule has 3 aromatic rings. The van der Waals surface area contributed by atoms with Gasteiger partial charge in [0.05, 0.1) is 38.4 Å². The van der Waals surface area contributed by atoms with E-state index in [4.69, 9.17) is 14.2 Å². The van der Waals surface area contributed by atoms with Crippen LogP contribution in [0.25, 0.3) is 0 Å². The maximum Gasteiger partial charge on any atom is 0.274 e. The van der Waals surface area contributed by atoms with Crippen LogP contribution in [0, 0.1) is 0 Å². The maximum atomic E-state index is 12.5. The molecule has 2 N–H and O–H groups in total. The average Bonchev–Trinajstić information content (AvgIpc) is 2.75. The highest BCUT2D eigenvalue weighted by Crippen LogP contribution is 2.29. The normalized spacial score (nSPS) is 10.2. The van der Waals surface area contributed by atoms with Crippen LogP contribution in [0.5, 0.6) is 17.2 Å². The van der Waals surface area contributed by atoms with E-state index in [9.17, 15) is 4.79 Å². The number of rotatable bonds is 8. The quantitative estimate of drug-likeness (QED) is 0.587. The van der Waals surface area contributed by atoms with Gasteiger partial charge in [-0.3, -0.25) is 4.79 Å². The van der Waals surface area contributed by atoms with Crippen molar-refractivity contribution in [1.82, 2.24) is 4.98 Å². The first-order valence-corrected chi connectivity index (χ1v) is 9.12. The van der Waals surface area contributed by atoms with Crippen molar-refractivity contribution in [1.29, 1.82) is 0 Å². The Hall–Kier alpha value is -3.74. The summed E-state index contributed by atoms with van der Waals surface area (Å²) in [5, 5.41) is 6.04. The van der Waals surface area contributed by atoms with E-state index in [1.54, 1.807) is 43.6 Å². The molecule has 0 saturated heterocycles. The Morgan fingerprint density at radius 3 is 2.28 bits per heavy atom. The van der Waals surface area contributed by atoms with Crippen molar-refractivity contribution in [3.63, 3.8) is 0 Å². The fourth-order valence-electron chi connectivity index (χ4n) is 2.67. The van der Waals surface area contributed by atoms with Crippen molar-refractivity contribution >= 4 is 23.0 Å². The third-order valence-corrected chi connectivity index (χ3v) is 4.10. The zero-order chi connectivity index (χ0) is 20.6. The van der Waals surface area contributed by atoms with E-state index in [1.807, 2.05) is 31.2 Å². The maximum absolute atomic E-state index is 12.5. The summed E-state index contributed by atoms with van der Waals surface area (Å²) in [4.78, 5) is 16.8. The lowest BCUT2D eigenvalue weighted by Crippen LogP contribution is -2.14. The number of nitrogens with zero attached hydrogens (tertiary/aromatic N) is 1. The average molecular weight is 393 g/mol. The number of methoxy groups -OCH3 is 2. The van der Waals surface area contributed by atoms with Gasteiger partial charge in [0.25, 0.3) is 5.91 Å². The molecule has 0 aliphatic heterocycles. The first kappa shape index (κ1) is 20.0. The smallest absolute Gasteiger partial charge is 0.274 e. The fourth-order valence-corrected chi connectivity index (χ4v) is 2.67. The van der Waals surface area contributed by atoms with E-state index in [1.165, 1.54) is 7.11 Å². The molecule has 0 unspecified atom stereocenters. The first-order valence-electron chi connectivity index (χ1n) is 9.12. The molecule has 1 amide bonds. The van der Waals surface area contributed by atoms with Crippen LogP contribution >= 0.6 is 0 Å². The third kappa shape index (κ3) is 5.16. The highest BCUT2D eigenvalue weighted by atomic mass is 16.5. The molecular weight excluding hydrogens is 370 g/mol. The second-order valence-electron chi connectivity index (χ2n) is 6.03. The molecular formula is C22H23N3O4. The Morgan fingerprint density at radius 2 is 1.66 bits per heavy atom. The second kappa shape index (κ2) is 9.45. The number of benzene rings is 2. The van der Waals surface area contributed by atoms with Crippen molar-refractivity contribution in [3.05, 3.63) is 66.5 Å². The second-order valence-corrected chi connectivity index (χ2v) is 6.03. The van der Waals surface area contributed by atoms with E-state index in [2.05, 4.69) is 15.6 Å². The summed E-state index contributed by atoms with van der Waals surface area (Å²) in [6.45, 7) is 2.57. The summed E-state index contributed by atoms with van der Waals surface area (Å²) >= 11 is 0. The van der Waals surface area contributed by atoms with Crippen LogP contribution in [-0.2, 0) is 0 Å². The molecule has 3 rings (SSSR count). The molecule has 7 heteroatoms. The Kier molecular flexibility index (Phi) is 6.52. The molecule has 29 heavy (non-hydrogen) atoms. The van der Waals surface area contributed by atoms with Gasteiger partial charge in [0.15, 0.2) is 0 Å². The summed E-state index contributed by atoms with van der Waals surface area (Å²) in [7, 11) is 3.10. The number of nitrogens with one attached hydrogen (secondary N) is 2. The van der Waals surface area contributed by atoms with Gasteiger partial charge in [-0.05, 0) is 55.5 Å². The zero-order valence-electron chi connectivity index (χ0n) is 16.6. The predicted molar refractivity (Wildman–Crippen MR) is 113 cm³/mol. The molecule has 0 aliphatic rings. The minimum absolute atomic E-state index is 0.284. The van der Waals surface area contributed by atoms with Crippen molar-refractivity contribution in [2.24, 2.45) is 0 Å². The van der Waals surface area contributed by atoms with E-state index < -0.39 is 0 Å². The van der Waals surface area contributed by atoms with Crippen LogP contribution in [0.4, 0.5) is 17.1 Å². The predicted octanol–water partition coefficient (Wildman–Crippen LogP) is 4.49. The van der Waals surface area contributed by atoms with Gasteiger partial charge in [-0.15, -0.1) is 0 Å². The molecule has 1 aromatic heterocycles. The fraction of sp³-hybridized carbons (Fsp3) is 0.182. The number of hydrogen-bond acceptors (Lipinski definition) is 6. The lowest BCUT2D eigenvalue weighted by Gasteiger charge is -2.12. The first-order chi connectivity index (χ1) is 14.1. The Balaban J connectivity index is 1.67. The summed E-state index contributed by atoms with van der Waals surface area (Å²) < 4.78 is 15.9. The third-order valence-electron chi connectivity index (χ3n) is 4.10. The lowest BCUT2D eigenvalue weighted by atomic mass is 10.2. The molecule has 0 aliphatic carbocycles. The number of hydrogen-bond donors (Lipinski definition) is 2. The Labute approximate surface area is 169 Å². The number of carbonyl (C=O) groups is 1. The van der Waals surface area contributed by atoms with Crippen LogP contribution < -0.4 is 24.8 Å². The van der Waals surface area contributed by atoms with Crippen LogP contribution in [0.15, 0.2) is 60.8 Å². The van der Waals surface area contributed by atoms with Crippen LogP contribution in [0.3, 0.4) is 0 Å².